The van der Waals surface area contributed by atoms with Crippen LogP contribution in [0, 0.1) is 23.1 Å². The molecule has 3 aliphatic rings. The molecule has 0 spiro atoms. The van der Waals surface area contributed by atoms with Crippen molar-refractivity contribution in [2.45, 2.75) is 108 Å². The second kappa shape index (κ2) is 15.1. The molecule has 1 unspecified atom stereocenters. The maximum atomic E-state index is 17.3. The summed E-state index contributed by atoms with van der Waals surface area (Å²) in [6.07, 6.45) is 2.60. The predicted molar refractivity (Wildman–Crippen MR) is 215 cm³/mol. The van der Waals surface area contributed by atoms with E-state index < -0.39 is 31.3 Å². The van der Waals surface area contributed by atoms with Gasteiger partial charge in [-0.25, -0.2) is 8.78 Å². The largest absolute Gasteiger partial charge is 0.461 e. The van der Waals surface area contributed by atoms with Crippen molar-refractivity contribution in [3.63, 3.8) is 0 Å². The average molecular weight is 773 g/mol. The highest BCUT2D eigenvalue weighted by Crippen LogP contribution is 2.44. The van der Waals surface area contributed by atoms with Gasteiger partial charge in [0.15, 0.2) is 5.82 Å². The third kappa shape index (κ3) is 6.80. The number of nitrogens with zero attached hydrogens (tertiary/aromatic N) is 5. The highest BCUT2D eigenvalue weighted by Gasteiger charge is 2.48. The Bertz CT molecular complexity index is 2190. The molecule has 4 aromatic rings. The summed E-state index contributed by atoms with van der Waals surface area (Å²) in [4.78, 5) is 18.3. The number of fused-ring (bicyclic) bond motifs is 3. The first-order chi connectivity index (χ1) is 26.2. The first-order valence-corrected chi connectivity index (χ1v) is 21.9. The Hall–Kier alpha value is -4.05. The fraction of sp³-hybridized carbons (Fsp3) is 0.512. The fourth-order valence-corrected chi connectivity index (χ4v) is 15.2. The minimum Gasteiger partial charge on any atom is -0.461 e. The molecule has 7 nitrogen and oxygen atoms in total. The van der Waals surface area contributed by atoms with E-state index in [1.807, 2.05) is 24.1 Å². The van der Waals surface area contributed by atoms with Crippen molar-refractivity contribution in [3.05, 3.63) is 65.4 Å². The van der Waals surface area contributed by atoms with Gasteiger partial charge in [0.2, 0.25) is 0 Å². The van der Waals surface area contributed by atoms with Gasteiger partial charge in [0.1, 0.15) is 37.5 Å². The minimum atomic E-state index is -2.24. The lowest BCUT2D eigenvalue weighted by atomic mass is 9.94. The van der Waals surface area contributed by atoms with Crippen LogP contribution in [0.2, 0.25) is 16.6 Å². The molecule has 3 fully saturated rings. The highest BCUT2D eigenvalue weighted by molar-refractivity contribution is 6.90. The van der Waals surface area contributed by atoms with E-state index in [0.29, 0.717) is 51.7 Å². The lowest BCUT2D eigenvalue weighted by Gasteiger charge is -2.38. The molecule has 5 heterocycles. The van der Waals surface area contributed by atoms with Crippen LogP contribution < -0.4 is 15.0 Å². The number of anilines is 1. The van der Waals surface area contributed by atoms with Gasteiger partial charge in [0.05, 0.1) is 16.5 Å². The second-order valence-corrected chi connectivity index (χ2v) is 22.4. The van der Waals surface area contributed by atoms with Crippen molar-refractivity contribution in [2.24, 2.45) is 0 Å². The molecule has 0 aliphatic carbocycles. The predicted octanol–water partition coefficient (Wildman–Crippen LogP) is 9.65. The molecule has 3 aliphatic heterocycles. The Morgan fingerprint density at radius 1 is 1.07 bits per heavy atom. The lowest BCUT2D eigenvalue weighted by Crippen LogP contribution is -2.43. The maximum absolute atomic E-state index is 17.3. The number of aromatic nitrogens is 3. The molecule has 292 valence electrons. The Morgan fingerprint density at radius 2 is 1.82 bits per heavy atom. The zero-order valence-electron chi connectivity index (χ0n) is 33.2. The second-order valence-electron chi connectivity index (χ2n) is 16.8. The van der Waals surface area contributed by atoms with Crippen LogP contribution in [-0.2, 0) is 0 Å². The molecule has 3 saturated heterocycles. The quantitative estimate of drug-likeness (QED) is 0.103. The van der Waals surface area contributed by atoms with Crippen molar-refractivity contribution in [2.75, 3.05) is 38.2 Å². The van der Waals surface area contributed by atoms with Crippen molar-refractivity contribution >= 4 is 35.6 Å². The normalized spacial score (nSPS) is 21.6. The number of rotatable bonds is 9. The van der Waals surface area contributed by atoms with Gasteiger partial charge in [-0.3, -0.25) is 9.88 Å². The molecular formula is C43H52F4N6OSi. The first kappa shape index (κ1) is 39.2. The SMILES string of the molecule is CC(C)[Si](C#Cc1c(F)ccc2cccc(-c3ncc4c(N(C)[C@@H]5CCN[C@@H]5C)nc(OCC56CCCN5CC(=C(F)F)C6)nc4c3F)c12)(C(C)C)C(C)C. The summed E-state index contributed by atoms with van der Waals surface area (Å²) in [5.74, 6) is 2.64. The van der Waals surface area contributed by atoms with Crippen molar-refractivity contribution in [1.82, 2.24) is 25.2 Å². The van der Waals surface area contributed by atoms with Crippen molar-refractivity contribution in [3.8, 4) is 28.7 Å². The van der Waals surface area contributed by atoms with Crippen molar-refractivity contribution in [1.29, 1.82) is 0 Å². The molecule has 2 aromatic heterocycles. The average Bonchev–Trinajstić information content (AvgIpc) is 3.85. The van der Waals surface area contributed by atoms with Crippen LogP contribution in [0.5, 0.6) is 6.01 Å². The Kier molecular flexibility index (Phi) is 10.8. The Balaban J connectivity index is 1.38. The number of pyridine rings is 1. The molecule has 55 heavy (non-hydrogen) atoms. The van der Waals surface area contributed by atoms with Gasteiger partial charge in [0, 0.05) is 48.4 Å². The molecule has 0 radical (unpaired) electrons. The number of hydrogen-bond acceptors (Lipinski definition) is 7. The molecular weight excluding hydrogens is 721 g/mol. The number of likely N-dealkylation sites (N-methyl/N-ethyl adjacent to an activating group) is 1. The van der Waals surface area contributed by atoms with Crippen LogP contribution in [-0.4, -0.2) is 78.8 Å². The Labute approximate surface area is 323 Å². The molecule has 2 aromatic carbocycles. The van der Waals surface area contributed by atoms with Crippen molar-refractivity contribution < 1.29 is 22.3 Å². The van der Waals surface area contributed by atoms with E-state index in [0.717, 1.165) is 24.8 Å². The van der Waals surface area contributed by atoms with Gasteiger partial charge in [0.25, 0.3) is 6.08 Å². The van der Waals surface area contributed by atoms with E-state index in [4.69, 9.17) is 14.7 Å². The van der Waals surface area contributed by atoms with Gasteiger partial charge in [-0.05, 0) is 73.8 Å². The van der Waals surface area contributed by atoms with E-state index in [1.165, 1.54) is 6.07 Å². The van der Waals surface area contributed by atoms with Crippen LogP contribution >= 0.6 is 0 Å². The standard InChI is InChI=1S/C43H52F4N6OSi/c1-25(2)55(26(3)4,27(5)6)20-16-31-34(44)14-13-29-11-9-12-32(36(29)31)38-37(45)39-33(22-49-38)41(52(8)35-15-18-48-28(35)7)51-42(50-39)54-24-43-17-10-19-53(43)23-30(21-43)40(46)47/h9,11-14,22,25-28,35,48H,10,15,17-19,21,23-24H2,1-8H3/t28-,35-,43?/m1/s1. The molecule has 1 N–H and O–H groups in total. The smallest absolute Gasteiger partial charge is 0.319 e. The van der Waals surface area contributed by atoms with Gasteiger partial charge in [-0.15, -0.1) is 5.54 Å². The summed E-state index contributed by atoms with van der Waals surface area (Å²) in [6, 6.07) is 8.74. The first-order valence-electron chi connectivity index (χ1n) is 19.7. The molecule has 0 saturated carbocycles. The van der Waals surface area contributed by atoms with E-state index in [-0.39, 0.29) is 60.0 Å². The van der Waals surface area contributed by atoms with E-state index >= 15 is 8.78 Å². The van der Waals surface area contributed by atoms with Gasteiger partial charge in [-0.1, -0.05) is 71.7 Å². The topological polar surface area (TPSA) is 66.4 Å². The monoisotopic (exact) mass is 772 g/mol. The van der Waals surface area contributed by atoms with E-state index in [1.54, 1.807) is 18.3 Å². The van der Waals surface area contributed by atoms with Gasteiger partial charge >= 0.3 is 6.01 Å². The number of ether oxygens (including phenoxy) is 1. The molecule has 12 heteroatoms. The van der Waals surface area contributed by atoms with E-state index in [2.05, 4.69) is 75.1 Å². The summed E-state index contributed by atoms with van der Waals surface area (Å²) in [5.41, 5.74) is 4.92. The summed E-state index contributed by atoms with van der Waals surface area (Å²) in [5, 5.41) is 5.11. The number of hydrogen-bond donors (Lipinski definition) is 1. The number of benzene rings is 2. The molecule has 0 amide bonds. The molecule has 3 atom stereocenters. The lowest BCUT2D eigenvalue weighted by molar-refractivity contribution is 0.108. The number of nitrogens with one attached hydrogen (secondary N) is 1. The Morgan fingerprint density at radius 3 is 2.49 bits per heavy atom. The third-order valence-electron chi connectivity index (χ3n) is 12.9. The van der Waals surface area contributed by atoms with E-state index in [9.17, 15) is 8.78 Å². The van der Waals surface area contributed by atoms with Crippen LogP contribution in [0.3, 0.4) is 0 Å². The van der Waals surface area contributed by atoms with Crippen LogP contribution in [0.15, 0.2) is 48.2 Å². The zero-order chi connectivity index (χ0) is 39.4. The van der Waals surface area contributed by atoms with Gasteiger partial charge < -0.3 is 15.0 Å². The summed E-state index contributed by atoms with van der Waals surface area (Å²) in [7, 11) is -0.316. The molecule has 0 bridgehead atoms. The zero-order valence-corrected chi connectivity index (χ0v) is 34.2. The number of halogens is 4. The van der Waals surface area contributed by atoms with Crippen LogP contribution in [0.1, 0.15) is 79.7 Å². The van der Waals surface area contributed by atoms with Gasteiger partial charge in [-0.2, -0.15) is 18.7 Å². The summed E-state index contributed by atoms with van der Waals surface area (Å²) in [6.45, 7) is 17.2. The maximum Gasteiger partial charge on any atom is 0.319 e. The summed E-state index contributed by atoms with van der Waals surface area (Å²) >= 11 is 0. The summed E-state index contributed by atoms with van der Waals surface area (Å²) < 4.78 is 67.1. The van der Waals surface area contributed by atoms with Crippen LogP contribution in [0.4, 0.5) is 23.4 Å². The minimum absolute atomic E-state index is 0.0185. The molecule has 7 rings (SSSR count). The fourth-order valence-electron chi connectivity index (χ4n) is 10.0. The van der Waals surface area contributed by atoms with Crippen LogP contribution in [0.25, 0.3) is 32.9 Å². The highest BCUT2D eigenvalue weighted by atomic mass is 28.3. The third-order valence-corrected chi connectivity index (χ3v) is 19.2.